The molecule has 0 unspecified atom stereocenters. The number of rotatable bonds is 7. The third kappa shape index (κ3) is 4.13. The molecule has 0 bridgehead atoms. The van der Waals surface area contributed by atoms with Crippen molar-refractivity contribution >= 4 is 17.6 Å². The Morgan fingerprint density at radius 1 is 1.27 bits per heavy atom. The van der Waals surface area contributed by atoms with Gasteiger partial charge in [0.15, 0.2) is 5.16 Å². The average molecular weight is 317 g/mol. The first kappa shape index (κ1) is 16.6. The Morgan fingerprint density at radius 3 is 2.73 bits per heavy atom. The van der Waals surface area contributed by atoms with Crippen LogP contribution in [0.5, 0.6) is 5.75 Å². The van der Waals surface area contributed by atoms with Crippen molar-refractivity contribution in [2.75, 3.05) is 18.2 Å². The zero-order valence-electron chi connectivity index (χ0n) is 13.6. The van der Waals surface area contributed by atoms with E-state index < -0.39 is 0 Å². The molecule has 0 aliphatic rings. The number of anilines is 1. The van der Waals surface area contributed by atoms with E-state index in [2.05, 4.69) is 41.3 Å². The summed E-state index contributed by atoms with van der Waals surface area (Å²) in [4.78, 5) is 8.89. The summed E-state index contributed by atoms with van der Waals surface area (Å²) in [5, 5.41) is 4.22. The van der Waals surface area contributed by atoms with Gasteiger partial charge in [0.2, 0.25) is 0 Å². The molecule has 0 aliphatic carbocycles. The second-order valence-electron chi connectivity index (χ2n) is 4.97. The highest BCUT2D eigenvalue weighted by Crippen LogP contribution is 2.21. The third-order valence-electron chi connectivity index (χ3n) is 3.41. The van der Waals surface area contributed by atoms with E-state index >= 15 is 0 Å². The normalized spacial score (nSPS) is 10.5. The number of aromatic nitrogens is 2. The molecule has 0 spiro atoms. The first-order valence-corrected chi connectivity index (χ1v) is 8.76. The number of thioether (sulfide) groups is 1. The number of hydrogen-bond donors (Lipinski definition) is 1. The van der Waals surface area contributed by atoms with Crippen LogP contribution in [0.3, 0.4) is 0 Å². The molecule has 0 saturated heterocycles. The molecule has 0 atom stereocenters. The van der Waals surface area contributed by atoms with Gasteiger partial charge in [-0.05, 0) is 43.7 Å². The molecular weight excluding hydrogens is 294 g/mol. The minimum Gasteiger partial charge on any atom is -0.494 e. The first-order valence-electron chi connectivity index (χ1n) is 7.54. The zero-order chi connectivity index (χ0) is 15.9. The lowest BCUT2D eigenvalue weighted by molar-refractivity contribution is 0.338. The largest absolute Gasteiger partial charge is 0.494 e. The van der Waals surface area contributed by atoms with Crippen LogP contribution in [0.2, 0.25) is 0 Å². The van der Waals surface area contributed by atoms with Crippen molar-refractivity contribution in [3.8, 4) is 5.75 Å². The number of hydrogen-bond acceptors (Lipinski definition) is 5. The second kappa shape index (κ2) is 8.03. The molecule has 0 saturated carbocycles. The fourth-order valence-electron chi connectivity index (χ4n) is 2.23. The minimum absolute atomic E-state index is 0.691. The Balaban J connectivity index is 2.11. The van der Waals surface area contributed by atoms with Gasteiger partial charge >= 0.3 is 0 Å². The number of nitrogens with zero attached hydrogens (tertiary/aromatic N) is 2. The number of ether oxygens (including phenoxy) is 1. The summed E-state index contributed by atoms with van der Waals surface area (Å²) in [6, 6.07) is 6.28. The summed E-state index contributed by atoms with van der Waals surface area (Å²) in [5.41, 5.74) is 3.51. The Morgan fingerprint density at radius 2 is 2.09 bits per heavy atom. The lowest BCUT2D eigenvalue weighted by atomic mass is 10.1. The van der Waals surface area contributed by atoms with Crippen molar-refractivity contribution in [2.24, 2.45) is 0 Å². The summed E-state index contributed by atoms with van der Waals surface area (Å²) in [7, 11) is 0. The van der Waals surface area contributed by atoms with Gasteiger partial charge in [-0.25, -0.2) is 9.97 Å². The molecule has 0 fully saturated rings. The smallest absolute Gasteiger partial charge is 0.189 e. The molecule has 0 amide bonds. The van der Waals surface area contributed by atoms with E-state index in [9.17, 15) is 0 Å². The van der Waals surface area contributed by atoms with Gasteiger partial charge in [-0.3, -0.25) is 0 Å². The van der Waals surface area contributed by atoms with Gasteiger partial charge in [0.25, 0.3) is 0 Å². The summed E-state index contributed by atoms with van der Waals surface area (Å²) < 4.78 is 5.58. The molecule has 1 aromatic heterocycles. The predicted molar refractivity (Wildman–Crippen MR) is 92.9 cm³/mol. The molecule has 118 valence electrons. The molecule has 1 aromatic carbocycles. The molecule has 1 N–H and O–H groups in total. The van der Waals surface area contributed by atoms with Crippen LogP contribution in [0.15, 0.2) is 29.6 Å². The van der Waals surface area contributed by atoms with Crippen LogP contribution in [0.4, 0.5) is 5.82 Å². The van der Waals surface area contributed by atoms with Crippen molar-refractivity contribution in [1.82, 2.24) is 9.97 Å². The monoisotopic (exact) mass is 317 g/mol. The summed E-state index contributed by atoms with van der Waals surface area (Å²) in [6.45, 7) is 7.62. The van der Waals surface area contributed by atoms with Crippen molar-refractivity contribution in [1.29, 1.82) is 0 Å². The van der Waals surface area contributed by atoms with Crippen molar-refractivity contribution < 1.29 is 4.74 Å². The summed E-state index contributed by atoms with van der Waals surface area (Å²) in [6.07, 6.45) is 4.81. The Kier molecular flexibility index (Phi) is 6.07. The number of aryl methyl sites for hydroxylation is 2. The van der Waals surface area contributed by atoms with Gasteiger partial charge in [-0.15, -0.1) is 0 Å². The van der Waals surface area contributed by atoms with Gasteiger partial charge in [-0.1, -0.05) is 30.8 Å². The van der Waals surface area contributed by atoms with Crippen LogP contribution < -0.4 is 10.1 Å². The van der Waals surface area contributed by atoms with E-state index in [1.165, 1.54) is 5.56 Å². The molecule has 2 rings (SSSR count). The van der Waals surface area contributed by atoms with Crippen molar-refractivity contribution in [3.63, 3.8) is 0 Å². The molecular formula is C17H23N3OS. The van der Waals surface area contributed by atoms with E-state index in [0.717, 1.165) is 40.8 Å². The van der Waals surface area contributed by atoms with Crippen LogP contribution >= 0.6 is 11.8 Å². The predicted octanol–water partition coefficient (Wildman–Crippen LogP) is 4.08. The van der Waals surface area contributed by atoms with Gasteiger partial charge in [0, 0.05) is 18.3 Å². The van der Waals surface area contributed by atoms with Gasteiger partial charge in [0.1, 0.15) is 11.6 Å². The molecule has 1 heterocycles. The minimum atomic E-state index is 0.691. The molecule has 2 aromatic rings. The topological polar surface area (TPSA) is 47.0 Å². The van der Waals surface area contributed by atoms with Crippen LogP contribution in [0.25, 0.3) is 0 Å². The fourth-order valence-corrected chi connectivity index (χ4v) is 2.57. The molecule has 0 aliphatic heterocycles. The molecule has 4 nitrogen and oxygen atoms in total. The maximum atomic E-state index is 5.58. The van der Waals surface area contributed by atoms with Crippen molar-refractivity contribution in [3.05, 3.63) is 41.1 Å². The maximum Gasteiger partial charge on any atom is 0.189 e. The Hall–Kier alpha value is -1.75. The van der Waals surface area contributed by atoms with Gasteiger partial charge < -0.3 is 10.1 Å². The SMILES string of the molecule is CCOc1ccc(CNc2nc(SC)ncc2CC)cc1C. The Bertz CT molecular complexity index is 631. The van der Waals surface area contributed by atoms with Crippen molar-refractivity contribution in [2.45, 2.75) is 38.9 Å². The van der Waals surface area contributed by atoms with E-state index in [1.54, 1.807) is 11.8 Å². The fraction of sp³-hybridized carbons (Fsp3) is 0.412. The maximum absolute atomic E-state index is 5.58. The van der Waals surface area contributed by atoms with Gasteiger partial charge in [-0.2, -0.15) is 0 Å². The van der Waals surface area contributed by atoms with Gasteiger partial charge in [0.05, 0.1) is 6.61 Å². The van der Waals surface area contributed by atoms with E-state index in [-0.39, 0.29) is 0 Å². The van der Waals surface area contributed by atoms with Crippen LogP contribution in [0.1, 0.15) is 30.5 Å². The number of benzene rings is 1. The second-order valence-corrected chi connectivity index (χ2v) is 5.74. The number of nitrogens with one attached hydrogen (secondary N) is 1. The third-order valence-corrected chi connectivity index (χ3v) is 3.97. The highest BCUT2D eigenvalue weighted by molar-refractivity contribution is 7.98. The molecule has 0 radical (unpaired) electrons. The van der Waals surface area contributed by atoms with E-state index in [1.807, 2.05) is 25.4 Å². The quantitative estimate of drug-likeness (QED) is 0.616. The van der Waals surface area contributed by atoms with Crippen LogP contribution in [0, 0.1) is 6.92 Å². The van der Waals surface area contributed by atoms with E-state index in [4.69, 9.17) is 4.74 Å². The zero-order valence-corrected chi connectivity index (χ0v) is 14.5. The van der Waals surface area contributed by atoms with Crippen LogP contribution in [-0.4, -0.2) is 22.8 Å². The highest BCUT2D eigenvalue weighted by Gasteiger charge is 2.06. The standard InChI is InChI=1S/C17H23N3OS/c1-5-14-11-19-17(22-4)20-16(14)18-10-13-7-8-15(21-6-2)12(3)9-13/h7-9,11H,5-6,10H2,1-4H3,(H,18,19,20). The summed E-state index contributed by atoms with van der Waals surface area (Å²) >= 11 is 1.55. The highest BCUT2D eigenvalue weighted by atomic mass is 32.2. The van der Waals surface area contributed by atoms with E-state index in [0.29, 0.717) is 6.61 Å². The Labute approximate surface area is 136 Å². The lowest BCUT2D eigenvalue weighted by Crippen LogP contribution is -2.06. The molecule has 5 heteroatoms. The summed E-state index contributed by atoms with van der Waals surface area (Å²) in [5.74, 6) is 1.88. The van der Waals surface area contributed by atoms with Crippen LogP contribution in [-0.2, 0) is 13.0 Å². The lowest BCUT2D eigenvalue weighted by Gasteiger charge is -2.12. The molecule has 22 heavy (non-hydrogen) atoms. The first-order chi connectivity index (χ1) is 10.7. The average Bonchev–Trinajstić information content (AvgIpc) is 2.55.